The third-order valence-electron chi connectivity index (χ3n) is 7.06. The van der Waals surface area contributed by atoms with E-state index in [0.717, 1.165) is 11.0 Å². The molecule has 3 fully saturated rings. The van der Waals surface area contributed by atoms with E-state index in [4.69, 9.17) is 21.2 Å². The number of hydrogen-bond acceptors (Lipinski definition) is 8. The molecule has 9 nitrogen and oxygen atoms in total. The summed E-state index contributed by atoms with van der Waals surface area (Å²) >= 11 is 5.89. The third-order valence-corrected chi connectivity index (χ3v) is 7.35. The Kier molecular flexibility index (Phi) is 5.45. The van der Waals surface area contributed by atoms with Gasteiger partial charge in [0.25, 0.3) is 0 Å². The van der Waals surface area contributed by atoms with Crippen molar-refractivity contribution < 1.29 is 37.1 Å². The third kappa shape index (κ3) is 3.41. The van der Waals surface area contributed by atoms with Crippen LogP contribution in [0.1, 0.15) is 18.9 Å². The molecule has 6 atom stereocenters. The van der Waals surface area contributed by atoms with Gasteiger partial charge < -0.3 is 14.9 Å². The van der Waals surface area contributed by atoms with Crippen LogP contribution in [0.25, 0.3) is 0 Å². The number of fused-ring (bicyclic) bond motifs is 8. The van der Waals surface area contributed by atoms with Gasteiger partial charge in [-0.1, -0.05) is 16.8 Å². The van der Waals surface area contributed by atoms with Crippen molar-refractivity contribution in [1.82, 2.24) is 9.88 Å². The Morgan fingerprint density at radius 2 is 1.97 bits per heavy atom. The normalized spacial score (nSPS) is 31.3. The predicted octanol–water partition coefficient (Wildman–Crippen LogP) is 2.35. The van der Waals surface area contributed by atoms with Gasteiger partial charge in [0.2, 0.25) is 11.8 Å². The monoisotopic (exact) mass is 500 g/mol. The number of likely N-dealkylation sites (tertiary alicyclic amines) is 1. The second-order valence-electron chi connectivity index (χ2n) is 8.71. The van der Waals surface area contributed by atoms with Crippen molar-refractivity contribution in [3.05, 3.63) is 22.8 Å². The van der Waals surface area contributed by atoms with Crippen LogP contribution in [0.2, 0.25) is 5.02 Å². The first-order chi connectivity index (χ1) is 16.1. The molecule has 0 aromatic carbocycles. The lowest BCUT2D eigenvalue weighted by Gasteiger charge is -2.29. The highest BCUT2D eigenvalue weighted by Crippen LogP contribution is 2.61. The molecule has 2 aliphatic heterocycles. The molecule has 1 saturated heterocycles. The van der Waals surface area contributed by atoms with Gasteiger partial charge in [-0.3, -0.25) is 14.5 Å². The number of rotatable bonds is 6. The van der Waals surface area contributed by atoms with Gasteiger partial charge in [0.05, 0.1) is 34.9 Å². The van der Waals surface area contributed by atoms with Crippen LogP contribution < -0.4 is 5.32 Å². The predicted molar refractivity (Wildman–Crippen MR) is 110 cm³/mol. The van der Waals surface area contributed by atoms with Crippen molar-refractivity contribution in [2.75, 3.05) is 25.0 Å². The van der Waals surface area contributed by atoms with E-state index >= 15 is 0 Å². The number of halogens is 4. The lowest BCUT2D eigenvalue weighted by atomic mass is 9.72. The molecule has 2 saturated carbocycles. The quantitative estimate of drug-likeness (QED) is 0.471. The summed E-state index contributed by atoms with van der Waals surface area (Å²) in [7, 11) is 0. The Morgan fingerprint density at radius 3 is 2.62 bits per heavy atom. The van der Waals surface area contributed by atoms with Crippen molar-refractivity contribution in [3.63, 3.8) is 0 Å². The minimum atomic E-state index is -4.57. The fourth-order valence-electron chi connectivity index (χ4n) is 5.79. The summed E-state index contributed by atoms with van der Waals surface area (Å²) in [6, 6.07) is 0.757. The number of carbonyl (C=O) groups excluding carboxylic acids is 3. The van der Waals surface area contributed by atoms with Gasteiger partial charge in [0, 0.05) is 25.2 Å². The summed E-state index contributed by atoms with van der Waals surface area (Å²) < 4.78 is 43.4. The number of esters is 1. The van der Waals surface area contributed by atoms with E-state index in [-0.39, 0.29) is 65.8 Å². The molecule has 182 valence electrons. The first-order valence-electron chi connectivity index (χ1n) is 10.9. The van der Waals surface area contributed by atoms with Crippen LogP contribution >= 0.6 is 11.6 Å². The summed E-state index contributed by atoms with van der Waals surface area (Å²) in [5, 5.41) is 6.45. The standard InChI is InChI=1S/C21H20ClF3N4O5/c1-2-33-20(32)15-14-9-6-10(16(14)34-28-15)13-12(9)18(30)29(19(13)31)4-3-26-17-11(22)5-8(7-27-17)21(23,24)25/h5,7,9-10,12-14,16H,2-4,6H2,1H3,(H,26,27)/t9-,10-,12-,13-,14-,16+/m1/s1. The minimum Gasteiger partial charge on any atom is -0.461 e. The van der Waals surface area contributed by atoms with E-state index < -0.39 is 35.6 Å². The Morgan fingerprint density at radius 1 is 1.26 bits per heavy atom. The number of amides is 2. The van der Waals surface area contributed by atoms with Crippen LogP contribution in [0.3, 0.4) is 0 Å². The summed E-state index contributed by atoms with van der Waals surface area (Å²) in [6.45, 7) is 1.92. The molecular formula is C21H20ClF3N4O5. The molecule has 2 amide bonds. The number of nitrogens with zero attached hydrogens (tertiary/aromatic N) is 3. The Balaban J connectivity index is 1.25. The molecule has 0 unspecified atom stereocenters. The summed E-state index contributed by atoms with van der Waals surface area (Å²) in [6.07, 6.45) is -3.75. The van der Waals surface area contributed by atoms with Crippen LogP contribution in [-0.2, 0) is 30.1 Å². The van der Waals surface area contributed by atoms with E-state index in [0.29, 0.717) is 12.6 Å². The summed E-state index contributed by atoms with van der Waals surface area (Å²) in [5.74, 6) is -3.15. The zero-order chi connectivity index (χ0) is 24.4. The van der Waals surface area contributed by atoms with Crippen molar-refractivity contribution in [1.29, 1.82) is 0 Å². The molecule has 2 aliphatic carbocycles. The van der Waals surface area contributed by atoms with Crippen LogP contribution in [0.5, 0.6) is 0 Å². The minimum absolute atomic E-state index is 0.00183. The van der Waals surface area contributed by atoms with Crippen molar-refractivity contribution in [3.8, 4) is 0 Å². The number of imide groups is 1. The largest absolute Gasteiger partial charge is 0.461 e. The summed E-state index contributed by atoms with van der Waals surface area (Å²) in [4.78, 5) is 48.8. The molecule has 5 rings (SSSR count). The molecule has 0 radical (unpaired) electrons. The van der Waals surface area contributed by atoms with Crippen LogP contribution in [-0.4, -0.2) is 59.2 Å². The first-order valence-corrected chi connectivity index (χ1v) is 11.2. The number of pyridine rings is 1. The van der Waals surface area contributed by atoms with Gasteiger partial charge in [-0.15, -0.1) is 0 Å². The summed E-state index contributed by atoms with van der Waals surface area (Å²) in [5.41, 5.74) is -0.809. The van der Waals surface area contributed by atoms with Gasteiger partial charge >= 0.3 is 12.1 Å². The van der Waals surface area contributed by atoms with Crippen molar-refractivity contribution in [2.45, 2.75) is 25.6 Å². The van der Waals surface area contributed by atoms with Crippen LogP contribution in [0, 0.1) is 29.6 Å². The molecule has 13 heteroatoms. The van der Waals surface area contributed by atoms with Gasteiger partial charge in [-0.25, -0.2) is 9.78 Å². The van der Waals surface area contributed by atoms with Gasteiger partial charge in [0.15, 0.2) is 5.71 Å². The highest BCUT2D eigenvalue weighted by Gasteiger charge is 2.70. The number of oxime groups is 1. The van der Waals surface area contributed by atoms with Crippen molar-refractivity contribution in [2.24, 2.45) is 34.7 Å². The first kappa shape index (κ1) is 22.9. The number of carbonyl (C=O) groups is 3. The van der Waals surface area contributed by atoms with Crippen LogP contribution in [0.15, 0.2) is 17.4 Å². The van der Waals surface area contributed by atoms with E-state index in [2.05, 4.69) is 15.5 Å². The molecule has 34 heavy (non-hydrogen) atoms. The molecule has 1 aromatic heterocycles. The number of hydrogen-bond donors (Lipinski definition) is 1. The number of nitrogens with one attached hydrogen (secondary N) is 1. The highest BCUT2D eigenvalue weighted by molar-refractivity contribution is 6.38. The highest BCUT2D eigenvalue weighted by atomic mass is 35.5. The number of aromatic nitrogens is 1. The molecule has 4 aliphatic rings. The number of alkyl halides is 3. The van der Waals surface area contributed by atoms with Gasteiger partial charge in [-0.2, -0.15) is 13.2 Å². The molecule has 1 N–H and O–H groups in total. The average Bonchev–Trinajstić information content (AvgIpc) is 3.50. The van der Waals surface area contributed by atoms with E-state index in [9.17, 15) is 27.6 Å². The Labute approximate surface area is 196 Å². The second kappa shape index (κ2) is 8.10. The second-order valence-corrected chi connectivity index (χ2v) is 9.12. The smallest absolute Gasteiger partial charge is 0.417 e. The Bertz CT molecular complexity index is 1100. The molecule has 0 spiro atoms. The van der Waals surface area contributed by atoms with Crippen LogP contribution in [0.4, 0.5) is 19.0 Å². The zero-order valence-corrected chi connectivity index (χ0v) is 18.6. The molecule has 1 aromatic rings. The topological polar surface area (TPSA) is 110 Å². The maximum absolute atomic E-state index is 13.2. The molecule has 3 heterocycles. The maximum Gasteiger partial charge on any atom is 0.417 e. The van der Waals surface area contributed by atoms with E-state index in [1.807, 2.05) is 0 Å². The molecule has 2 bridgehead atoms. The maximum atomic E-state index is 13.2. The fourth-order valence-corrected chi connectivity index (χ4v) is 6.02. The lowest BCUT2D eigenvalue weighted by molar-refractivity contribution is -0.141. The van der Waals surface area contributed by atoms with E-state index in [1.165, 1.54) is 0 Å². The lowest BCUT2D eigenvalue weighted by Crippen LogP contribution is -2.42. The Hall–Kier alpha value is -2.89. The molecular weight excluding hydrogens is 481 g/mol. The number of anilines is 1. The average molecular weight is 501 g/mol. The fraction of sp³-hybridized carbons (Fsp3) is 0.571. The SMILES string of the molecule is CCOC(=O)C1=NO[C@H]2[C@@H]3C[C@H]([C@H]4C(=O)N(CCNc5ncc(C(F)(F)F)cc5Cl)C(=O)[C@H]34)[C@H]12. The number of ether oxygens (including phenoxy) is 1. The van der Waals surface area contributed by atoms with Crippen molar-refractivity contribution >= 4 is 40.9 Å². The van der Waals surface area contributed by atoms with Gasteiger partial charge in [0.1, 0.15) is 11.9 Å². The van der Waals surface area contributed by atoms with E-state index in [1.54, 1.807) is 6.92 Å². The van der Waals surface area contributed by atoms with Gasteiger partial charge in [-0.05, 0) is 25.3 Å². The zero-order valence-electron chi connectivity index (χ0n) is 17.8.